The van der Waals surface area contributed by atoms with Crippen LogP contribution in [0.3, 0.4) is 0 Å². The Bertz CT molecular complexity index is 637. The first-order valence-electron chi connectivity index (χ1n) is 6.20. The SMILES string of the molecule is O=C(NCCc1ccco1)Nc1ccc(C(=O)O)cc1O. The Morgan fingerprint density at radius 3 is 2.67 bits per heavy atom. The fourth-order valence-electron chi connectivity index (χ4n) is 1.69. The van der Waals surface area contributed by atoms with Gasteiger partial charge >= 0.3 is 12.0 Å². The molecule has 2 aromatic rings. The summed E-state index contributed by atoms with van der Waals surface area (Å²) in [6.45, 7) is 0.368. The number of carboxylic acid groups (broad SMARTS) is 1. The van der Waals surface area contributed by atoms with Crippen molar-refractivity contribution in [1.82, 2.24) is 5.32 Å². The molecule has 0 aliphatic carbocycles. The number of furan rings is 1. The zero-order valence-corrected chi connectivity index (χ0v) is 11.0. The predicted octanol–water partition coefficient (Wildman–Crippen LogP) is 2.05. The Balaban J connectivity index is 1.86. The number of carbonyl (C=O) groups excluding carboxylic acids is 1. The molecule has 0 aliphatic rings. The lowest BCUT2D eigenvalue weighted by Crippen LogP contribution is -2.30. The Morgan fingerprint density at radius 2 is 2.05 bits per heavy atom. The first-order chi connectivity index (χ1) is 10.1. The van der Waals surface area contributed by atoms with Gasteiger partial charge in [-0.1, -0.05) is 0 Å². The van der Waals surface area contributed by atoms with Crippen molar-refractivity contribution < 1.29 is 24.2 Å². The minimum absolute atomic E-state index is 0.0590. The molecule has 1 heterocycles. The van der Waals surface area contributed by atoms with E-state index in [9.17, 15) is 14.7 Å². The molecule has 0 spiro atoms. The van der Waals surface area contributed by atoms with Crippen LogP contribution in [0.4, 0.5) is 10.5 Å². The molecule has 0 atom stereocenters. The number of hydrogen-bond donors (Lipinski definition) is 4. The van der Waals surface area contributed by atoms with Crippen LogP contribution < -0.4 is 10.6 Å². The van der Waals surface area contributed by atoms with Gasteiger partial charge in [0.1, 0.15) is 11.5 Å². The first-order valence-corrected chi connectivity index (χ1v) is 6.20. The van der Waals surface area contributed by atoms with Gasteiger partial charge in [-0.2, -0.15) is 0 Å². The molecule has 110 valence electrons. The Hall–Kier alpha value is -2.96. The standard InChI is InChI=1S/C14H14N2O5/c17-12-8-9(13(18)19)3-4-11(12)16-14(20)15-6-5-10-2-1-7-21-10/h1-4,7-8,17H,5-6H2,(H,18,19)(H2,15,16,20). The number of nitrogens with one attached hydrogen (secondary N) is 2. The van der Waals surface area contributed by atoms with Gasteiger partial charge in [-0.3, -0.25) is 0 Å². The lowest BCUT2D eigenvalue weighted by atomic mass is 10.2. The van der Waals surface area contributed by atoms with Crippen molar-refractivity contribution in [2.75, 3.05) is 11.9 Å². The number of hydrogen-bond acceptors (Lipinski definition) is 4. The molecule has 0 radical (unpaired) electrons. The fraction of sp³-hybridized carbons (Fsp3) is 0.143. The number of phenols is 1. The number of aromatic hydroxyl groups is 1. The van der Waals surface area contributed by atoms with Gasteiger partial charge in [0.25, 0.3) is 0 Å². The molecule has 0 saturated carbocycles. The van der Waals surface area contributed by atoms with E-state index in [-0.39, 0.29) is 17.0 Å². The Labute approximate surface area is 120 Å². The van der Waals surface area contributed by atoms with Crippen molar-refractivity contribution in [3.8, 4) is 5.75 Å². The normalized spacial score (nSPS) is 10.1. The second kappa shape index (κ2) is 6.47. The minimum atomic E-state index is -1.15. The highest BCUT2D eigenvalue weighted by atomic mass is 16.4. The molecular weight excluding hydrogens is 276 g/mol. The third-order valence-electron chi connectivity index (χ3n) is 2.73. The average molecular weight is 290 g/mol. The molecular formula is C14H14N2O5. The zero-order chi connectivity index (χ0) is 15.2. The Morgan fingerprint density at radius 1 is 1.24 bits per heavy atom. The fourth-order valence-corrected chi connectivity index (χ4v) is 1.69. The van der Waals surface area contributed by atoms with Gasteiger partial charge in [0, 0.05) is 13.0 Å². The van der Waals surface area contributed by atoms with Crippen LogP contribution in [-0.4, -0.2) is 28.8 Å². The van der Waals surface area contributed by atoms with E-state index in [2.05, 4.69) is 10.6 Å². The highest BCUT2D eigenvalue weighted by Gasteiger charge is 2.10. The van der Waals surface area contributed by atoms with E-state index < -0.39 is 12.0 Å². The molecule has 2 rings (SSSR count). The van der Waals surface area contributed by atoms with Gasteiger partial charge in [0.05, 0.1) is 17.5 Å². The molecule has 0 saturated heterocycles. The summed E-state index contributed by atoms with van der Waals surface area (Å²) in [6.07, 6.45) is 2.10. The number of amides is 2. The smallest absolute Gasteiger partial charge is 0.335 e. The van der Waals surface area contributed by atoms with E-state index in [4.69, 9.17) is 9.52 Å². The number of aromatic carboxylic acids is 1. The van der Waals surface area contributed by atoms with Crippen molar-refractivity contribution in [3.05, 3.63) is 47.9 Å². The number of carbonyl (C=O) groups is 2. The second-order valence-corrected chi connectivity index (χ2v) is 4.25. The second-order valence-electron chi connectivity index (χ2n) is 4.25. The molecule has 4 N–H and O–H groups in total. The number of urea groups is 1. The first kappa shape index (κ1) is 14.4. The van der Waals surface area contributed by atoms with Crippen LogP contribution in [0.1, 0.15) is 16.1 Å². The van der Waals surface area contributed by atoms with E-state index in [0.717, 1.165) is 11.8 Å². The van der Waals surface area contributed by atoms with E-state index in [1.54, 1.807) is 18.4 Å². The van der Waals surface area contributed by atoms with E-state index in [0.29, 0.717) is 13.0 Å². The summed E-state index contributed by atoms with van der Waals surface area (Å²) in [5.74, 6) is -0.709. The van der Waals surface area contributed by atoms with Gasteiger partial charge in [0.2, 0.25) is 0 Å². The third-order valence-corrected chi connectivity index (χ3v) is 2.73. The van der Waals surface area contributed by atoms with Crippen LogP contribution in [-0.2, 0) is 6.42 Å². The maximum Gasteiger partial charge on any atom is 0.335 e. The molecule has 0 aliphatic heterocycles. The summed E-state index contributed by atoms with van der Waals surface area (Å²) in [4.78, 5) is 22.4. The monoisotopic (exact) mass is 290 g/mol. The maximum absolute atomic E-state index is 11.6. The van der Waals surface area contributed by atoms with Crippen molar-refractivity contribution in [2.45, 2.75) is 6.42 Å². The summed E-state index contributed by atoms with van der Waals surface area (Å²) in [7, 11) is 0. The molecule has 0 bridgehead atoms. The van der Waals surface area contributed by atoms with Crippen LogP contribution in [0.25, 0.3) is 0 Å². The topological polar surface area (TPSA) is 112 Å². The predicted molar refractivity (Wildman–Crippen MR) is 74.5 cm³/mol. The van der Waals surface area contributed by atoms with E-state index in [1.165, 1.54) is 12.1 Å². The summed E-state index contributed by atoms with van der Waals surface area (Å²) < 4.78 is 5.12. The molecule has 1 aromatic heterocycles. The summed E-state index contributed by atoms with van der Waals surface area (Å²) in [6, 6.07) is 6.75. The summed E-state index contributed by atoms with van der Waals surface area (Å²) >= 11 is 0. The Kier molecular flexibility index (Phi) is 4.45. The molecule has 0 unspecified atom stereocenters. The van der Waals surface area contributed by atoms with Gasteiger partial charge in [-0.15, -0.1) is 0 Å². The van der Waals surface area contributed by atoms with Crippen molar-refractivity contribution in [3.63, 3.8) is 0 Å². The largest absolute Gasteiger partial charge is 0.506 e. The van der Waals surface area contributed by atoms with Crippen molar-refractivity contribution >= 4 is 17.7 Å². The molecule has 0 fully saturated rings. The number of carboxylic acids is 1. The van der Waals surface area contributed by atoms with Crippen molar-refractivity contribution in [2.24, 2.45) is 0 Å². The molecule has 7 heteroatoms. The average Bonchev–Trinajstić information content (AvgIpc) is 2.94. The van der Waals surface area contributed by atoms with Crippen LogP contribution in [0.15, 0.2) is 41.0 Å². The van der Waals surface area contributed by atoms with Crippen molar-refractivity contribution in [1.29, 1.82) is 0 Å². The molecule has 7 nitrogen and oxygen atoms in total. The number of rotatable bonds is 5. The zero-order valence-electron chi connectivity index (χ0n) is 11.0. The van der Waals surface area contributed by atoms with Crippen LogP contribution in [0.2, 0.25) is 0 Å². The molecule has 1 aromatic carbocycles. The van der Waals surface area contributed by atoms with Gasteiger partial charge in [-0.05, 0) is 30.3 Å². The van der Waals surface area contributed by atoms with Crippen LogP contribution in [0.5, 0.6) is 5.75 Å². The van der Waals surface area contributed by atoms with Gasteiger partial charge < -0.3 is 25.3 Å². The lowest BCUT2D eigenvalue weighted by Gasteiger charge is -2.09. The van der Waals surface area contributed by atoms with Gasteiger partial charge in [0.15, 0.2) is 0 Å². The van der Waals surface area contributed by atoms with E-state index in [1.807, 2.05) is 0 Å². The highest BCUT2D eigenvalue weighted by molar-refractivity contribution is 5.93. The minimum Gasteiger partial charge on any atom is -0.506 e. The van der Waals surface area contributed by atoms with Crippen LogP contribution >= 0.6 is 0 Å². The number of phenolic OH excluding ortho intramolecular Hbond substituents is 1. The summed E-state index contributed by atoms with van der Waals surface area (Å²) in [5.41, 5.74) is 0.0757. The third kappa shape index (κ3) is 4.00. The number of benzene rings is 1. The maximum atomic E-state index is 11.6. The summed E-state index contributed by atoms with van der Waals surface area (Å²) in [5, 5.41) is 23.4. The van der Waals surface area contributed by atoms with Gasteiger partial charge in [-0.25, -0.2) is 9.59 Å². The number of anilines is 1. The highest BCUT2D eigenvalue weighted by Crippen LogP contribution is 2.24. The van der Waals surface area contributed by atoms with Crippen LogP contribution in [0, 0.1) is 0 Å². The quantitative estimate of drug-likeness (QED) is 0.630. The molecule has 2 amide bonds. The lowest BCUT2D eigenvalue weighted by molar-refractivity contribution is 0.0696. The van der Waals surface area contributed by atoms with E-state index >= 15 is 0 Å². The molecule has 21 heavy (non-hydrogen) atoms.